The van der Waals surface area contributed by atoms with Crippen molar-refractivity contribution in [2.75, 3.05) is 7.05 Å². The minimum Gasteiger partial charge on any atom is -0.313 e. The highest BCUT2D eigenvalue weighted by atomic mass is 79.9. The molecule has 0 bridgehead atoms. The summed E-state index contributed by atoms with van der Waals surface area (Å²) in [4.78, 5) is 0. The molecule has 1 N–H and O–H groups in total. The predicted octanol–water partition coefficient (Wildman–Crippen LogP) is 4.40. The highest BCUT2D eigenvalue weighted by Crippen LogP contribution is 2.21. The van der Waals surface area contributed by atoms with Gasteiger partial charge in [-0.3, -0.25) is 0 Å². The molecule has 2 aromatic rings. The third-order valence-electron chi connectivity index (χ3n) is 3.17. The molecule has 1 nitrogen and oxygen atoms in total. The fraction of sp³-hybridized carbons (Fsp3) is 0.250. The maximum atomic E-state index is 13.5. The minimum atomic E-state index is -0.175. The minimum absolute atomic E-state index is 0.121. The van der Waals surface area contributed by atoms with E-state index in [1.54, 1.807) is 12.1 Å². The average molecular weight is 322 g/mol. The molecule has 0 aliphatic heterocycles. The van der Waals surface area contributed by atoms with Crippen LogP contribution in [0.1, 0.15) is 22.7 Å². The third kappa shape index (κ3) is 3.88. The van der Waals surface area contributed by atoms with Gasteiger partial charge in [0.2, 0.25) is 0 Å². The number of hydrogen-bond acceptors (Lipinski definition) is 1. The van der Waals surface area contributed by atoms with Gasteiger partial charge in [0.05, 0.1) is 0 Å². The Bertz CT molecular complexity index is 531. The average Bonchev–Trinajstić information content (AvgIpc) is 2.37. The SMILES string of the molecule is CNC(Cc1ccc(Br)cc1)c1cc(C)cc(F)c1. The maximum absolute atomic E-state index is 13.5. The fourth-order valence-electron chi connectivity index (χ4n) is 2.21. The topological polar surface area (TPSA) is 12.0 Å². The van der Waals surface area contributed by atoms with Gasteiger partial charge in [-0.05, 0) is 61.3 Å². The number of halogens is 2. The lowest BCUT2D eigenvalue weighted by atomic mass is 9.97. The summed E-state index contributed by atoms with van der Waals surface area (Å²) < 4.78 is 14.6. The molecule has 2 aromatic carbocycles. The van der Waals surface area contributed by atoms with E-state index >= 15 is 0 Å². The molecule has 0 heterocycles. The van der Waals surface area contributed by atoms with Crippen LogP contribution in [-0.4, -0.2) is 7.05 Å². The molecule has 0 fully saturated rings. The zero-order valence-corrected chi connectivity index (χ0v) is 12.7. The molecule has 0 aliphatic carbocycles. The molecule has 0 aromatic heterocycles. The van der Waals surface area contributed by atoms with Crippen molar-refractivity contribution in [1.29, 1.82) is 0 Å². The molecule has 100 valence electrons. The van der Waals surface area contributed by atoms with E-state index in [1.165, 1.54) is 5.56 Å². The van der Waals surface area contributed by atoms with Crippen LogP contribution in [0.5, 0.6) is 0 Å². The molecule has 0 amide bonds. The monoisotopic (exact) mass is 321 g/mol. The zero-order chi connectivity index (χ0) is 13.8. The molecule has 19 heavy (non-hydrogen) atoms. The first-order chi connectivity index (χ1) is 9.08. The molecule has 0 spiro atoms. The normalized spacial score (nSPS) is 12.4. The Morgan fingerprint density at radius 2 is 1.84 bits per heavy atom. The molecular weight excluding hydrogens is 305 g/mol. The van der Waals surface area contributed by atoms with Crippen molar-refractivity contribution in [1.82, 2.24) is 5.32 Å². The summed E-state index contributed by atoms with van der Waals surface area (Å²) in [7, 11) is 1.91. The van der Waals surface area contributed by atoms with Gasteiger partial charge < -0.3 is 5.32 Å². The molecule has 0 saturated carbocycles. The van der Waals surface area contributed by atoms with Crippen LogP contribution in [0, 0.1) is 12.7 Å². The Morgan fingerprint density at radius 1 is 1.16 bits per heavy atom. The number of likely N-dealkylation sites (N-methyl/N-ethyl adjacent to an activating group) is 1. The fourth-order valence-corrected chi connectivity index (χ4v) is 2.47. The van der Waals surface area contributed by atoms with E-state index in [9.17, 15) is 4.39 Å². The second kappa shape index (κ2) is 6.31. The number of hydrogen-bond donors (Lipinski definition) is 1. The molecule has 1 unspecified atom stereocenters. The lowest BCUT2D eigenvalue weighted by Crippen LogP contribution is -2.19. The van der Waals surface area contributed by atoms with Crippen LogP contribution >= 0.6 is 15.9 Å². The number of nitrogens with one attached hydrogen (secondary N) is 1. The summed E-state index contributed by atoms with van der Waals surface area (Å²) in [6, 6.07) is 13.5. The van der Waals surface area contributed by atoms with E-state index in [0.29, 0.717) is 0 Å². The summed E-state index contributed by atoms with van der Waals surface area (Å²) in [5, 5.41) is 3.26. The van der Waals surface area contributed by atoms with Gasteiger partial charge >= 0.3 is 0 Å². The van der Waals surface area contributed by atoms with Gasteiger partial charge in [0.1, 0.15) is 5.82 Å². The van der Waals surface area contributed by atoms with Crippen LogP contribution in [0.4, 0.5) is 4.39 Å². The van der Waals surface area contributed by atoms with Crippen molar-refractivity contribution in [3.8, 4) is 0 Å². The second-order valence-corrected chi connectivity index (χ2v) is 5.65. The van der Waals surface area contributed by atoms with Crippen molar-refractivity contribution >= 4 is 15.9 Å². The smallest absolute Gasteiger partial charge is 0.123 e. The first kappa shape index (κ1) is 14.2. The van der Waals surface area contributed by atoms with Crippen LogP contribution < -0.4 is 5.32 Å². The summed E-state index contributed by atoms with van der Waals surface area (Å²) in [5.41, 5.74) is 3.17. The summed E-state index contributed by atoms with van der Waals surface area (Å²) in [6.45, 7) is 1.92. The number of rotatable bonds is 4. The summed E-state index contributed by atoms with van der Waals surface area (Å²) in [5.74, 6) is -0.175. The zero-order valence-electron chi connectivity index (χ0n) is 11.1. The van der Waals surface area contributed by atoms with E-state index in [2.05, 4.69) is 33.4 Å². The van der Waals surface area contributed by atoms with Crippen LogP contribution in [-0.2, 0) is 6.42 Å². The lowest BCUT2D eigenvalue weighted by Gasteiger charge is -2.17. The molecule has 0 saturated heterocycles. The standard InChI is InChI=1S/C16H17BrFN/c1-11-7-13(10-15(18)8-11)16(19-2)9-12-3-5-14(17)6-4-12/h3-8,10,16,19H,9H2,1-2H3. The van der Waals surface area contributed by atoms with Gasteiger partial charge in [0.25, 0.3) is 0 Å². The van der Waals surface area contributed by atoms with Crippen molar-refractivity contribution in [2.45, 2.75) is 19.4 Å². The lowest BCUT2D eigenvalue weighted by molar-refractivity contribution is 0.576. The van der Waals surface area contributed by atoms with Crippen molar-refractivity contribution in [2.24, 2.45) is 0 Å². The second-order valence-electron chi connectivity index (χ2n) is 4.73. The van der Waals surface area contributed by atoms with Crippen molar-refractivity contribution < 1.29 is 4.39 Å². The van der Waals surface area contributed by atoms with E-state index < -0.39 is 0 Å². The van der Waals surface area contributed by atoms with E-state index in [1.807, 2.05) is 32.2 Å². The number of aryl methyl sites for hydroxylation is 1. The Kier molecular flexibility index (Phi) is 4.72. The molecular formula is C16H17BrFN. The summed E-state index contributed by atoms with van der Waals surface area (Å²) >= 11 is 3.43. The molecule has 1 atom stereocenters. The van der Waals surface area contributed by atoms with Gasteiger partial charge in [-0.15, -0.1) is 0 Å². The number of benzene rings is 2. The quantitative estimate of drug-likeness (QED) is 0.880. The van der Waals surface area contributed by atoms with Crippen LogP contribution in [0.15, 0.2) is 46.9 Å². The molecule has 3 heteroatoms. The van der Waals surface area contributed by atoms with Crippen molar-refractivity contribution in [3.63, 3.8) is 0 Å². The van der Waals surface area contributed by atoms with Gasteiger partial charge in [-0.2, -0.15) is 0 Å². The molecule has 0 radical (unpaired) electrons. The van der Waals surface area contributed by atoms with Gasteiger partial charge in [0.15, 0.2) is 0 Å². The molecule has 2 rings (SSSR count). The summed E-state index contributed by atoms with van der Waals surface area (Å²) in [6.07, 6.45) is 0.840. The van der Waals surface area contributed by atoms with Crippen molar-refractivity contribution in [3.05, 3.63) is 69.4 Å². The predicted molar refractivity (Wildman–Crippen MR) is 80.8 cm³/mol. The van der Waals surface area contributed by atoms with E-state index in [0.717, 1.165) is 22.0 Å². The Hall–Kier alpha value is -1.19. The Labute approximate surface area is 122 Å². The van der Waals surface area contributed by atoms with E-state index in [4.69, 9.17) is 0 Å². The van der Waals surface area contributed by atoms with Crippen LogP contribution in [0.3, 0.4) is 0 Å². The first-order valence-corrected chi connectivity index (χ1v) is 7.06. The first-order valence-electron chi connectivity index (χ1n) is 6.27. The van der Waals surface area contributed by atoms with E-state index in [-0.39, 0.29) is 11.9 Å². The van der Waals surface area contributed by atoms with Gasteiger partial charge in [-0.1, -0.05) is 34.1 Å². The van der Waals surface area contributed by atoms with Gasteiger partial charge in [-0.25, -0.2) is 4.39 Å². The van der Waals surface area contributed by atoms with Gasteiger partial charge in [0, 0.05) is 10.5 Å². The highest BCUT2D eigenvalue weighted by Gasteiger charge is 2.11. The largest absolute Gasteiger partial charge is 0.313 e. The Morgan fingerprint density at radius 3 is 2.42 bits per heavy atom. The Balaban J connectivity index is 2.22. The van der Waals surface area contributed by atoms with Crippen LogP contribution in [0.2, 0.25) is 0 Å². The maximum Gasteiger partial charge on any atom is 0.123 e. The highest BCUT2D eigenvalue weighted by molar-refractivity contribution is 9.10. The molecule has 0 aliphatic rings. The van der Waals surface area contributed by atoms with Crippen LogP contribution in [0.25, 0.3) is 0 Å². The third-order valence-corrected chi connectivity index (χ3v) is 3.70.